The molecule has 0 bridgehead atoms. The number of rotatable bonds is 5. The lowest BCUT2D eigenvalue weighted by Crippen LogP contribution is -2.16. The molecule has 0 saturated heterocycles. The van der Waals surface area contributed by atoms with E-state index in [1.807, 2.05) is 31.2 Å². The third-order valence-corrected chi connectivity index (χ3v) is 3.07. The summed E-state index contributed by atoms with van der Waals surface area (Å²) in [5.41, 5.74) is 8.94. The molecule has 0 aliphatic carbocycles. The Morgan fingerprint density at radius 1 is 1.10 bits per heavy atom. The molecule has 2 aromatic rings. The molecule has 0 aliphatic heterocycles. The normalized spacial score (nSPS) is 12.4. The predicted octanol–water partition coefficient (Wildman–Crippen LogP) is 3.84. The van der Waals surface area contributed by atoms with Crippen LogP contribution in [0.3, 0.4) is 0 Å². The van der Waals surface area contributed by atoms with Crippen LogP contribution in [0.2, 0.25) is 0 Å². The zero-order valence-corrected chi connectivity index (χ0v) is 11.2. The van der Waals surface area contributed by atoms with Crippen molar-refractivity contribution in [1.82, 2.24) is 0 Å². The molecule has 2 N–H and O–H groups in total. The second-order valence-electron chi connectivity index (χ2n) is 4.72. The van der Waals surface area contributed by atoms with E-state index in [9.17, 15) is 8.78 Å². The molecule has 2 nitrogen and oxygen atoms in total. The fraction of sp³-hybridized carbons (Fsp3) is 0.250. The van der Waals surface area contributed by atoms with Gasteiger partial charge in [0.25, 0.3) is 0 Å². The highest BCUT2D eigenvalue weighted by Gasteiger charge is 2.15. The van der Waals surface area contributed by atoms with Gasteiger partial charge >= 0.3 is 6.61 Å². The topological polar surface area (TPSA) is 35.2 Å². The monoisotopic (exact) mass is 277 g/mol. The summed E-state index contributed by atoms with van der Waals surface area (Å²) in [7, 11) is 0. The average molecular weight is 277 g/mol. The van der Waals surface area contributed by atoms with Crippen LogP contribution < -0.4 is 10.5 Å². The van der Waals surface area contributed by atoms with Crippen LogP contribution in [0.15, 0.2) is 48.5 Å². The smallest absolute Gasteiger partial charge is 0.387 e. The third kappa shape index (κ3) is 3.78. The van der Waals surface area contributed by atoms with Gasteiger partial charge < -0.3 is 10.5 Å². The Hall–Kier alpha value is -1.94. The van der Waals surface area contributed by atoms with Crippen molar-refractivity contribution in [3.8, 4) is 5.75 Å². The number of aryl methyl sites for hydroxylation is 1. The molecular weight excluding hydrogens is 260 g/mol. The molecule has 2 rings (SSSR count). The summed E-state index contributed by atoms with van der Waals surface area (Å²) in [6, 6.07) is 14.2. The molecule has 1 unspecified atom stereocenters. The largest absolute Gasteiger partial charge is 0.434 e. The van der Waals surface area contributed by atoms with Gasteiger partial charge in [-0.1, -0.05) is 48.0 Å². The first kappa shape index (κ1) is 14.5. The number of para-hydroxylation sites is 1. The maximum atomic E-state index is 12.4. The van der Waals surface area contributed by atoms with E-state index in [0.29, 0.717) is 12.0 Å². The molecule has 0 amide bonds. The quantitative estimate of drug-likeness (QED) is 0.901. The Morgan fingerprint density at radius 2 is 1.85 bits per heavy atom. The maximum absolute atomic E-state index is 12.4. The highest BCUT2D eigenvalue weighted by molar-refractivity contribution is 5.37. The Labute approximate surface area is 117 Å². The Morgan fingerprint density at radius 3 is 2.55 bits per heavy atom. The molecule has 106 valence electrons. The molecule has 20 heavy (non-hydrogen) atoms. The third-order valence-electron chi connectivity index (χ3n) is 3.07. The molecule has 0 fully saturated rings. The minimum absolute atomic E-state index is 0.141. The average Bonchev–Trinajstić information content (AvgIpc) is 2.38. The molecule has 0 heterocycles. The summed E-state index contributed by atoms with van der Waals surface area (Å²) in [4.78, 5) is 0. The van der Waals surface area contributed by atoms with Crippen LogP contribution in [0.25, 0.3) is 0 Å². The second kappa shape index (κ2) is 6.48. The van der Waals surface area contributed by atoms with E-state index >= 15 is 0 Å². The molecule has 2 aromatic carbocycles. The van der Waals surface area contributed by atoms with E-state index in [-0.39, 0.29) is 11.8 Å². The van der Waals surface area contributed by atoms with Crippen molar-refractivity contribution in [2.45, 2.75) is 26.0 Å². The minimum Gasteiger partial charge on any atom is -0.434 e. The first-order valence-corrected chi connectivity index (χ1v) is 6.41. The van der Waals surface area contributed by atoms with Gasteiger partial charge in [-0.3, -0.25) is 0 Å². The molecule has 0 saturated carbocycles. The van der Waals surface area contributed by atoms with Gasteiger partial charge in [-0.05, 0) is 25.0 Å². The van der Waals surface area contributed by atoms with Crippen molar-refractivity contribution >= 4 is 0 Å². The van der Waals surface area contributed by atoms with Gasteiger partial charge in [0.1, 0.15) is 5.75 Å². The van der Waals surface area contributed by atoms with Gasteiger partial charge in [0.05, 0.1) is 0 Å². The number of alkyl halides is 2. The van der Waals surface area contributed by atoms with E-state index in [4.69, 9.17) is 5.73 Å². The van der Waals surface area contributed by atoms with Gasteiger partial charge in [-0.15, -0.1) is 0 Å². The second-order valence-corrected chi connectivity index (χ2v) is 4.72. The van der Waals surface area contributed by atoms with Crippen molar-refractivity contribution in [3.63, 3.8) is 0 Å². The van der Waals surface area contributed by atoms with E-state index in [0.717, 1.165) is 11.1 Å². The van der Waals surface area contributed by atoms with E-state index in [1.165, 1.54) is 6.07 Å². The number of nitrogens with two attached hydrogens (primary N) is 1. The summed E-state index contributed by atoms with van der Waals surface area (Å²) < 4.78 is 29.3. The summed E-state index contributed by atoms with van der Waals surface area (Å²) in [6.45, 7) is -0.842. The zero-order valence-electron chi connectivity index (χ0n) is 11.2. The number of halogens is 2. The minimum atomic E-state index is -2.85. The van der Waals surface area contributed by atoms with Gasteiger partial charge in [-0.2, -0.15) is 8.78 Å². The highest BCUT2D eigenvalue weighted by Crippen LogP contribution is 2.27. The van der Waals surface area contributed by atoms with Crippen molar-refractivity contribution in [3.05, 3.63) is 65.2 Å². The van der Waals surface area contributed by atoms with Crippen LogP contribution in [0.4, 0.5) is 8.78 Å². The Kier molecular flexibility index (Phi) is 4.69. The first-order valence-electron chi connectivity index (χ1n) is 6.41. The van der Waals surface area contributed by atoms with Crippen LogP contribution in [0, 0.1) is 6.92 Å². The van der Waals surface area contributed by atoms with Crippen molar-refractivity contribution in [2.75, 3.05) is 0 Å². The highest BCUT2D eigenvalue weighted by atomic mass is 19.3. The van der Waals surface area contributed by atoms with E-state index in [2.05, 4.69) is 4.74 Å². The summed E-state index contributed by atoms with van der Waals surface area (Å²) in [5.74, 6) is 0.141. The van der Waals surface area contributed by atoms with Gasteiger partial charge in [0.2, 0.25) is 0 Å². The Bertz CT molecular complexity index is 572. The van der Waals surface area contributed by atoms with E-state index in [1.54, 1.807) is 18.2 Å². The van der Waals surface area contributed by atoms with Crippen LogP contribution in [0.1, 0.15) is 22.7 Å². The summed E-state index contributed by atoms with van der Waals surface area (Å²) >= 11 is 0. The lowest BCUT2D eigenvalue weighted by molar-refractivity contribution is -0.0506. The van der Waals surface area contributed by atoms with Crippen LogP contribution in [-0.4, -0.2) is 6.61 Å². The van der Waals surface area contributed by atoms with Crippen molar-refractivity contribution in [1.29, 1.82) is 0 Å². The van der Waals surface area contributed by atoms with E-state index < -0.39 is 6.61 Å². The predicted molar refractivity (Wildman–Crippen MR) is 74.9 cm³/mol. The SMILES string of the molecule is Cc1cccc(CC(N)c2ccccc2OC(F)F)c1. The summed E-state index contributed by atoms with van der Waals surface area (Å²) in [5, 5.41) is 0. The fourth-order valence-electron chi connectivity index (χ4n) is 2.19. The number of ether oxygens (including phenoxy) is 1. The lowest BCUT2D eigenvalue weighted by atomic mass is 9.98. The molecule has 0 radical (unpaired) electrons. The van der Waals surface area contributed by atoms with Crippen molar-refractivity contribution < 1.29 is 13.5 Å². The molecule has 0 spiro atoms. The summed E-state index contributed by atoms with van der Waals surface area (Å²) in [6.07, 6.45) is 0.575. The maximum Gasteiger partial charge on any atom is 0.387 e. The molecule has 0 aromatic heterocycles. The van der Waals surface area contributed by atoms with Crippen LogP contribution in [0.5, 0.6) is 5.75 Å². The standard InChI is InChI=1S/C16H17F2NO/c1-11-5-4-6-12(9-11)10-14(19)13-7-2-3-8-15(13)20-16(17)18/h2-9,14,16H,10,19H2,1H3. The van der Waals surface area contributed by atoms with Crippen LogP contribution >= 0.6 is 0 Å². The molecular formula is C16H17F2NO. The zero-order chi connectivity index (χ0) is 14.5. The van der Waals surface area contributed by atoms with Gasteiger partial charge in [-0.25, -0.2) is 0 Å². The van der Waals surface area contributed by atoms with Crippen LogP contribution in [-0.2, 0) is 6.42 Å². The molecule has 0 aliphatic rings. The van der Waals surface area contributed by atoms with Crippen molar-refractivity contribution in [2.24, 2.45) is 5.73 Å². The fourth-order valence-corrected chi connectivity index (χ4v) is 2.19. The Balaban J connectivity index is 2.18. The number of benzene rings is 2. The molecule has 4 heteroatoms. The van der Waals surface area contributed by atoms with Gasteiger partial charge in [0, 0.05) is 11.6 Å². The number of hydrogen-bond acceptors (Lipinski definition) is 2. The number of hydrogen-bond donors (Lipinski definition) is 1. The first-order chi connectivity index (χ1) is 9.56. The molecule has 1 atom stereocenters. The lowest BCUT2D eigenvalue weighted by Gasteiger charge is -2.17. The van der Waals surface area contributed by atoms with Gasteiger partial charge in [0.15, 0.2) is 0 Å².